The maximum Gasteiger partial charge on any atom is 0.416 e. The molecule has 1 aliphatic rings. The summed E-state index contributed by atoms with van der Waals surface area (Å²) in [6.07, 6.45) is 0.717. The Kier molecular flexibility index (Phi) is 4.37. The molecule has 1 fully saturated rings. The van der Waals surface area contributed by atoms with Crippen molar-refractivity contribution in [2.24, 2.45) is 0 Å². The van der Waals surface area contributed by atoms with E-state index in [1.807, 2.05) is 0 Å². The predicted octanol–water partition coefficient (Wildman–Crippen LogP) is 3.35. The lowest BCUT2D eigenvalue weighted by atomic mass is 10.2. The SMILES string of the molecule is O=C(Nc1ccc(C(F)(F)F)cc1)c1cnc(N2CCCC2)cn1. The number of hydrogen-bond donors (Lipinski definition) is 1. The minimum Gasteiger partial charge on any atom is -0.355 e. The van der Waals surface area contributed by atoms with Crippen molar-refractivity contribution in [1.82, 2.24) is 9.97 Å². The van der Waals surface area contributed by atoms with Crippen LogP contribution in [0, 0.1) is 0 Å². The Balaban J connectivity index is 1.66. The summed E-state index contributed by atoms with van der Waals surface area (Å²) >= 11 is 0. The normalized spacial score (nSPS) is 14.7. The van der Waals surface area contributed by atoms with Crippen LogP contribution in [0.4, 0.5) is 24.7 Å². The zero-order chi connectivity index (χ0) is 17.2. The third-order valence-electron chi connectivity index (χ3n) is 3.77. The van der Waals surface area contributed by atoms with Gasteiger partial charge < -0.3 is 10.2 Å². The van der Waals surface area contributed by atoms with Crippen LogP contribution < -0.4 is 10.2 Å². The van der Waals surface area contributed by atoms with Crippen LogP contribution in [0.25, 0.3) is 0 Å². The lowest BCUT2D eigenvalue weighted by molar-refractivity contribution is -0.137. The Labute approximate surface area is 136 Å². The summed E-state index contributed by atoms with van der Waals surface area (Å²) in [5, 5.41) is 2.50. The second-order valence-corrected chi connectivity index (χ2v) is 5.48. The van der Waals surface area contributed by atoms with Crippen molar-refractivity contribution in [1.29, 1.82) is 0 Å². The molecule has 0 spiro atoms. The molecule has 5 nitrogen and oxygen atoms in total. The van der Waals surface area contributed by atoms with Crippen molar-refractivity contribution in [2.45, 2.75) is 19.0 Å². The topological polar surface area (TPSA) is 58.1 Å². The Morgan fingerprint density at radius 3 is 2.25 bits per heavy atom. The van der Waals surface area contributed by atoms with E-state index in [2.05, 4.69) is 20.2 Å². The predicted molar refractivity (Wildman–Crippen MR) is 82.9 cm³/mol. The maximum absolute atomic E-state index is 12.5. The third kappa shape index (κ3) is 3.64. The van der Waals surface area contributed by atoms with Crippen LogP contribution in [0.5, 0.6) is 0 Å². The quantitative estimate of drug-likeness (QED) is 0.934. The first-order valence-corrected chi connectivity index (χ1v) is 7.49. The molecule has 24 heavy (non-hydrogen) atoms. The molecule has 126 valence electrons. The molecule has 1 saturated heterocycles. The highest BCUT2D eigenvalue weighted by molar-refractivity contribution is 6.02. The molecule has 0 aliphatic carbocycles. The molecule has 2 aromatic rings. The Hall–Kier alpha value is -2.64. The lowest BCUT2D eigenvalue weighted by Crippen LogP contribution is -2.20. The minimum atomic E-state index is -4.40. The van der Waals surface area contributed by atoms with Crippen LogP contribution >= 0.6 is 0 Å². The summed E-state index contributed by atoms with van der Waals surface area (Å²) in [5.41, 5.74) is -0.397. The smallest absolute Gasteiger partial charge is 0.355 e. The fourth-order valence-corrected chi connectivity index (χ4v) is 2.49. The fraction of sp³-hybridized carbons (Fsp3) is 0.312. The fourth-order valence-electron chi connectivity index (χ4n) is 2.49. The number of carbonyl (C=O) groups excluding carboxylic acids is 1. The number of aromatic nitrogens is 2. The molecule has 0 radical (unpaired) electrons. The van der Waals surface area contributed by atoms with Crippen molar-refractivity contribution < 1.29 is 18.0 Å². The molecule has 1 aromatic carbocycles. The first-order valence-electron chi connectivity index (χ1n) is 7.49. The van der Waals surface area contributed by atoms with Crippen LogP contribution in [0.15, 0.2) is 36.7 Å². The van der Waals surface area contributed by atoms with E-state index >= 15 is 0 Å². The van der Waals surface area contributed by atoms with Gasteiger partial charge in [-0.05, 0) is 37.1 Å². The number of carbonyl (C=O) groups is 1. The molecule has 1 aliphatic heterocycles. The molecule has 1 N–H and O–H groups in total. The van der Waals surface area contributed by atoms with Gasteiger partial charge in [0.05, 0.1) is 18.0 Å². The van der Waals surface area contributed by atoms with Crippen molar-refractivity contribution in [3.63, 3.8) is 0 Å². The first-order chi connectivity index (χ1) is 11.4. The van der Waals surface area contributed by atoms with Crippen LogP contribution in [0.3, 0.4) is 0 Å². The number of hydrogen-bond acceptors (Lipinski definition) is 4. The zero-order valence-corrected chi connectivity index (χ0v) is 12.7. The number of anilines is 2. The van der Waals surface area contributed by atoms with Crippen LogP contribution in [0.1, 0.15) is 28.9 Å². The summed E-state index contributed by atoms with van der Waals surface area (Å²) in [5.74, 6) is 0.203. The standard InChI is InChI=1S/C16H15F3N4O/c17-16(18,19)11-3-5-12(6-4-11)22-15(24)13-9-21-14(10-20-13)23-7-1-2-8-23/h3-6,9-10H,1-2,7-8H2,(H,22,24). The molecule has 0 bridgehead atoms. The highest BCUT2D eigenvalue weighted by atomic mass is 19.4. The Bertz CT molecular complexity index is 708. The van der Waals surface area contributed by atoms with E-state index in [4.69, 9.17) is 0 Å². The maximum atomic E-state index is 12.5. The number of benzene rings is 1. The number of halogens is 3. The van der Waals surface area contributed by atoms with Crippen molar-refractivity contribution >= 4 is 17.4 Å². The van der Waals surface area contributed by atoms with Gasteiger partial charge in [-0.2, -0.15) is 13.2 Å². The summed E-state index contributed by atoms with van der Waals surface area (Å²) in [6.45, 7) is 1.84. The van der Waals surface area contributed by atoms with Gasteiger partial charge in [0.25, 0.3) is 5.91 Å². The lowest BCUT2D eigenvalue weighted by Gasteiger charge is -2.15. The van der Waals surface area contributed by atoms with E-state index in [0.717, 1.165) is 43.9 Å². The highest BCUT2D eigenvalue weighted by Gasteiger charge is 2.30. The van der Waals surface area contributed by atoms with Gasteiger partial charge in [0.15, 0.2) is 0 Å². The summed E-state index contributed by atoms with van der Waals surface area (Å²) in [7, 11) is 0. The molecule has 8 heteroatoms. The molecular formula is C16H15F3N4O. The van der Waals surface area contributed by atoms with Gasteiger partial charge >= 0.3 is 6.18 Å². The number of alkyl halides is 3. The van der Waals surface area contributed by atoms with Crippen LogP contribution in [-0.2, 0) is 6.18 Å². The average Bonchev–Trinajstić information content (AvgIpc) is 3.09. The minimum absolute atomic E-state index is 0.109. The Morgan fingerprint density at radius 2 is 1.71 bits per heavy atom. The van der Waals surface area contributed by atoms with E-state index < -0.39 is 17.6 Å². The monoisotopic (exact) mass is 336 g/mol. The van der Waals surface area contributed by atoms with E-state index in [1.165, 1.54) is 24.5 Å². The van der Waals surface area contributed by atoms with Gasteiger partial charge in [0.1, 0.15) is 11.5 Å². The van der Waals surface area contributed by atoms with Crippen molar-refractivity contribution in [2.75, 3.05) is 23.3 Å². The van der Waals surface area contributed by atoms with Crippen molar-refractivity contribution in [3.8, 4) is 0 Å². The number of nitrogens with one attached hydrogen (secondary N) is 1. The van der Waals surface area contributed by atoms with Gasteiger partial charge in [-0.1, -0.05) is 0 Å². The van der Waals surface area contributed by atoms with Gasteiger partial charge in [0.2, 0.25) is 0 Å². The van der Waals surface area contributed by atoms with Crippen molar-refractivity contribution in [3.05, 3.63) is 47.9 Å². The van der Waals surface area contributed by atoms with E-state index in [0.29, 0.717) is 0 Å². The van der Waals surface area contributed by atoms with Crippen LogP contribution in [-0.4, -0.2) is 29.0 Å². The van der Waals surface area contributed by atoms with Gasteiger partial charge in [-0.3, -0.25) is 4.79 Å². The number of amides is 1. The van der Waals surface area contributed by atoms with Gasteiger partial charge in [-0.15, -0.1) is 0 Å². The number of rotatable bonds is 3. The zero-order valence-electron chi connectivity index (χ0n) is 12.7. The highest BCUT2D eigenvalue weighted by Crippen LogP contribution is 2.29. The first kappa shape index (κ1) is 16.2. The largest absolute Gasteiger partial charge is 0.416 e. The second kappa shape index (κ2) is 6.46. The summed E-state index contributed by atoms with van der Waals surface area (Å²) in [4.78, 5) is 22.5. The number of nitrogens with zero attached hydrogens (tertiary/aromatic N) is 3. The molecular weight excluding hydrogens is 321 g/mol. The molecule has 0 saturated carbocycles. The molecule has 1 aromatic heterocycles. The van der Waals surface area contributed by atoms with E-state index in [1.54, 1.807) is 0 Å². The van der Waals surface area contributed by atoms with Gasteiger partial charge in [0, 0.05) is 18.8 Å². The summed E-state index contributed by atoms with van der Waals surface area (Å²) < 4.78 is 37.5. The Morgan fingerprint density at radius 1 is 1.04 bits per heavy atom. The second-order valence-electron chi connectivity index (χ2n) is 5.48. The average molecular weight is 336 g/mol. The van der Waals surface area contributed by atoms with E-state index in [-0.39, 0.29) is 11.4 Å². The third-order valence-corrected chi connectivity index (χ3v) is 3.77. The molecule has 1 amide bonds. The molecule has 3 rings (SSSR count). The molecule has 0 atom stereocenters. The molecule has 0 unspecified atom stereocenters. The molecule has 2 heterocycles. The van der Waals surface area contributed by atoms with Gasteiger partial charge in [-0.25, -0.2) is 9.97 Å². The summed E-state index contributed by atoms with van der Waals surface area (Å²) in [6, 6.07) is 4.23. The van der Waals surface area contributed by atoms with Crippen LogP contribution in [0.2, 0.25) is 0 Å². The van der Waals surface area contributed by atoms with E-state index in [9.17, 15) is 18.0 Å².